The maximum absolute atomic E-state index is 12.7. The van der Waals surface area contributed by atoms with Gasteiger partial charge < -0.3 is 0 Å². The van der Waals surface area contributed by atoms with E-state index < -0.39 is 6.43 Å². The van der Waals surface area contributed by atoms with Crippen LogP contribution in [0.3, 0.4) is 0 Å². The average Bonchev–Trinajstić information content (AvgIpc) is 2.62. The summed E-state index contributed by atoms with van der Waals surface area (Å²) in [5, 5.41) is 0. The molecule has 1 aliphatic carbocycles. The molecule has 0 unspecified atom stereocenters. The predicted molar refractivity (Wildman–Crippen MR) is 92.0 cm³/mol. The van der Waals surface area contributed by atoms with E-state index in [4.69, 9.17) is 0 Å². The predicted octanol–water partition coefficient (Wildman–Crippen LogP) is 6.45. The third-order valence-corrected chi connectivity index (χ3v) is 5.21. The fraction of sp³-hybridized carbons (Fsp3) is 0.429. The first-order valence-corrected chi connectivity index (χ1v) is 8.64. The molecule has 1 saturated carbocycles. The van der Waals surface area contributed by atoms with E-state index >= 15 is 0 Å². The highest BCUT2D eigenvalue weighted by molar-refractivity contribution is 5.64. The molecule has 3 rings (SSSR count). The zero-order valence-corrected chi connectivity index (χ0v) is 13.6. The second-order valence-electron chi connectivity index (χ2n) is 6.62. The topological polar surface area (TPSA) is 0 Å². The van der Waals surface area contributed by atoms with Crippen molar-refractivity contribution in [3.63, 3.8) is 0 Å². The van der Waals surface area contributed by atoms with E-state index in [1.165, 1.54) is 22.3 Å². The number of alkyl halides is 2. The molecule has 0 aromatic heterocycles. The second-order valence-corrected chi connectivity index (χ2v) is 6.62. The van der Waals surface area contributed by atoms with Crippen LogP contribution >= 0.6 is 0 Å². The summed E-state index contributed by atoms with van der Waals surface area (Å²) in [5.74, 6) is 0.0594. The van der Waals surface area contributed by atoms with Crippen molar-refractivity contribution < 1.29 is 8.78 Å². The maximum Gasteiger partial charge on any atom is 0.241 e. The molecule has 2 aromatic carbocycles. The minimum Gasteiger partial charge on any atom is -0.210 e. The van der Waals surface area contributed by atoms with Crippen molar-refractivity contribution in [3.8, 4) is 11.1 Å². The number of halogens is 2. The van der Waals surface area contributed by atoms with Crippen molar-refractivity contribution in [2.45, 2.75) is 51.4 Å². The molecule has 0 atom stereocenters. The molecule has 0 aliphatic heterocycles. The van der Waals surface area contributed by atoms with Crippen LogP contribution in [0.5, 0.6) is 0 Å². The summed E-state index contributed by atoms with van der Waals surface area (Å²) in [7, 11) is 0. The molecule has 23 heavy (non-hydrogen) atoms. The number of rotatable bonds is 4. The highest BCUT2D eigenvalue weighted by Crippen LogP contribution is 2.38. The van der Waals surface area contributed by atoms with E-state index in [0.29, 0.717) is 18.8 Å². The normalized spacial score (nSPS) is 21.6. The van der Waals surface area contributed by atoms with Gasteiger partial charge in [0.05, 0.1) is 0 Å². The lowest BCUT2D eigenvalue weighted by Crippen LogP contribution is -2.19. The van der Waals surface area contributed by atoms with Gasteiger partial charge in [-0.2, -0.15) is 0 Å². The zero-order valence-electron chi connectivity index (χ0n) is 13.6. The summed E-state index contributed by atoms with van der Waals surface area (Å²) in [6.45, 7) is 2.16. The van der Waals surface area contributed by atoms with Crippen LogP contribution in [0.2, 0.25) is 0 Å². The van der Waals surface area contributed by atoms with Gasteiger partial charge >= 0.3 is 0 Å². The quantitative estimate of drug-likeness (QED) is 0.608. The van der Waals surface area contributed by atoms with Crippen molar-refractivity contribution in [2.24, 2.45) is 5.92 Å². The lowest BCUT2D eigenvalue weighted by Gasteiger charge is -2.28. The lowest BCUT2D eigenvalue weighted by atomic mass is 9.78. The Morgan fingerprint density at radius 1 is 0.826 bits per heavy atom. The van der Waals surface area contributed by atoms with E-state index in [0.717, 1.165) is 19.3 Å². The van der Waals surface area contributed by atoms with Crippen LogP contribution < -0.4 is 0 Å². The summed E-state index contributed by atoms with van der Waals surface area (Å²) in [6.07, 6.45) is 1.99. The molecular weight excluding hydrogens is 290 g/mol. The minimum atomic E-state index is -2.15. The summed E-state index contributed by atoms with van der Waals surface area (Å²) < 4.78 is 25.5. The van der Waals surface area contributed by atoms with Crippen molar-refractivity contribution >= 4 is 0 Å². The van der Waals surface area contributed by atoms with E-state index in [1.54, 1.807) is 0 Å². The summed E-state index contributed by atoms with van der Waals surface area (Å²) in [5.41, 5.74) is 5.10. The Morgan fingerprint density at radius 3 is 1.83 bits per heavy atom. The molecule has 0 amide bonds. The smallest absolute Gasteiger partial charge is 0.210 e. The molecule has 0 bridgehead atoms. The highest BCUT2D eigenvalue weighted by Gasteiger charge is 2.27. The Kier molecular flexibility index (Phi) is 5.09. The van der Waals surface area contributed by atoms with Gasteiger partial charge in [-0.15, -0.1) is 0 Å². The van der Waals surface area contributed by atoms with Gasteiger partial charge in [0, 0.05) is 5.92 Å². The number of hydrogen-bond acceptors (Lipinski definition) is 0. The molecule has 2 heteroatoms. The first-order chi connectivity index (χ1) is 11.2. The van der Waals surface area contributed by atoms with Gasteiger partial charge in [-0.1, -0.05) is 55.5 Å². The van der Waals surface area contributed by atoms with Gasteiger partial charge in [-0.25, -0.2) is 8.78 Å². The van der Waals surface area contributed by atoms with Gasteiger partial charge in [0.15, 0.2) is 0 Å². The maximum atomic E-state index is 12.7. The van der Waals surface area contributed by atoms with Crippen molar-refractivity contribution in [3.05, 3.63) is 59.7 Å². The third-order valence-electron chi connectivity index (χ3n) is 5.21. The average molecular weight is 314 g/mol. The van der Waals surface area contributed by atoms with Crippen LogP contribution in [0.4, 0.5) is 8.78 Å². The first-order valence-electron chi connectivity index (χ1n) is 8.64. The third kappa shape index (κ3) is 3.80. The van der Waals surface area contributed by atoms with Gasteiger partial charge in [-0.05, 0) is 60.3 Å². The van der Waals surface area contributed by atoms with E-state index in [2.05, 4.69) is 55.5 Å². The van der Waals surface area contributed by atoms with E-state index in [1.807, 2.05) is 0 Å². The van der Waals surface area contributed by atoms with Crippen molar-refractivity contribution in [1.29, 1.82) is 0 Å². The molecule has 0 heterocycles. The summed E-state index contributed by atoms with van der Waals surface area (Å²) >= 11 is 0. The Morgan fingerprint density at radius 2 is 1.35 bits per heavy atom. The minimum absolute atomic E-state index is 0.386. The van der Waals surface area contributed by atoms with E-state index in [-0.39, 0.29) is 5.92 Å². The molecule has 0 saturated heterocycles. The van der Waals surface area contributed by atoms with Crippen LogP contribution in [0, 0.1) is 5.92 Å². The number of aryl methyl sites for hydroxylation is 1. The van der Waals surface area contributed by atoms with E-state index in [9.17, 15) is 8.78 Å². The standard InChI is InChI=1S/C21H24F2/c1-2-15-3-5-16(6-4-15)17-7-9-18(10-8-17)19-11-13-20(14-12-19)21(22)23/h3-10,19-21H,2,11-14H2,1H3/t19-,20-. The molecular formula is C21H24F2. The number of benzene rings is 2. The molecule has 0 N–H and O–H groups in total. The highest BCUT2D eigenvalue weighted by atomic mass is 19.3. The van der Waals surface area contributed by atoms with Crippen LogP contribution in [-0.2, 0) is 6.42 Å². The van der Waals surface area contributed by atoms with Gasteiger partial charge in [0.1, 0.15) is 0 Å². The molecule has 0 nitrogen and oxygen atoms in total. The van der Waals surface area contributed by atoms with Crippen LogP contribution in [0.25, 0.3) is 11.1 Å². The lowest BCUT2D eigenvalue weighted by molar-refractivity contribution is 0.0528. The fourth-order valence-electron chi connectivity index (χ4n) is 3.59. The molecule has 1 aliphatic rings. The molecule has 0 radical (unpaired) electrons. The van der Waals surface area contributed by atoms with Gasteiger partial charge in [-0.3, -0.25) is 0 Å². The van der Waals surface area contributed by atoms with Crippen LogP contribution in [-0.4, -0.2) is 6.43 Å². The Labute approximate surface area is 137 Å². The Bertz CT molecular complexity index is 605. The molecule has 122 valence electrons. The second kappa shape index (κ2) is 7.25. The van der Waals surface area contributed by atoms with Crippen molar-refractivity contribution in [1.82, 2.24) is 0 Å². The van der Waals surface area contributed by atoms with Gasteiger partial charge in [0.2, 0.25) is 6.43 Å². The Hall–Kier alpha value is -1.70. The summed E-state index contributed by atoms with van der Waals surface area (Å²) in [6, 6.07) is 17.4. The molecule has 0 spiro atoms. The largest absolute Gasteiger partial charge is 0.241 e. The summed E-state index contributed by atoms with van der Waals surface area (Å²) in [4.78, 5) is 0. The monoisotopic (exact) mass is 314 g/mol. The van der Waals surface area contributed by atoms with Crippen LogP contribution in [0.15, 0.2) is 48.5 Å². The zero-order chi connectivity index (χ0) is 16.2. The molecule has 1 fully saturated rings. The fourth-order valence-corrected chi connectivity index (χ4v) is 3.59. The number of hydrogen-bond donors (Lipinski definition) is 0. The Balaban J connectivity index is 1.67. The first kappa shape index (κ1) is 16.2. The SMILES string of the molecule is CCc1ccc(-c2ccc([C@H]3CC[C@H](C(F)F)CC3)cc2)cc1. The van der Waals surface area contributed by atoms with Crippen molar-refractivity contribution in [2.75, 3.05) is 0 Å². The molecule has 2 aromatic rings. The van der Waals surface area contributed by atoms with Crippen LogP contribution in [0.1, 0.15) is 49.7 Å². The van der Waals surface area contributed by atoms with Gasteiger partial charge in [0.25, 0.3) is 0 Å².